The third-order valence-electron chi connectivity index (χ3n) is 4.15. The van der Waals surface area contributed by atoms with Gasteiger partial charge in [-0.05, 0) is 18.9 Å². The molecule has 1 aliphatic rings. The van der Waals surface area contributed by atoms with Crippen LogP contribution in [0.3, 0.4) is 0 Å². The molecule has 0 bridgehead atoms. The van der Waals surface area contributed by atoms with E-state index in [0.717, 1.165) is 25.7 Å². The highest BCUT2D eigenvalue weighted by Crippen LogP contribution is 2.25. The van der Waals surface area contributed by atoms with Crippen molar-refractivity contribution in [3.05, 3.63) is 35.6 Å². The van der Waals surface area contributed by atoms with E-state index in [4.69, 9.17) is 0 Å². The summed E-state index contributed by atoms with van der Waals surface area (Å²) in [7, 11) is -3.32. The lowest BCUT2D eigenvalue weighted by molar-refractivity contribution is -0.121. The minimum Gasteiger partial charge on any atom is -0.352 e. The molecule has 5 nitrogen and oxygen atoms in total. The van der Waals surface area contributed by atoms with Crippen molar-refractivity contribution in [2.45, 2.75) is 44.7 Å². The Hall–Kier alpha value is -1.47. The van der Waals surface area contributed by atoms with Crippen LogP contribution in [0.25, 0.3) is 0 Å². The maximum absolute atomic E-state index is 13.5. The third-order valence-corrected chi connectivity index (χ3v) is 5.48. The first-order valence-corrected chi connectivity index (χ1v) is 9.69. The van der Waals surface area contributed by atoms with Crippen LogP contribution in [0.2, 0.25) is 0 Å². The number of hydrogen-bond acceptors (Lipinski definition) is 3. The van der Waals surface area contributed by atoms with E-state index < -0.39 is 10.0 Å². The molecule has 1 aromatic rings. The summed E-state index contributed by atoms with van der Waals surface area (Å²) in [6.45, 7) is 0.278. The molecule has 0 heterocycles. The first kappa shape index (κ1) is 17.9. The molecule has 0 aromatic heterocycles. The van der Waals surface area contributed by atoms with Gasteiger partial charge in [0.2, 0.25) is 15.9 Å². The highest BCUT2D eigenvalue weighted by atomic mass is 32.2. The zero-order valence-electron chi connectivity index (χ0n) is 13.3. The summed E-state index contributed by atoms with van der Waals surface area (Å²) >= 11 is 0. The number of sulfonamides is 1. The number of nitrogens with one attached hydrogen (secondary N) is 1. The molecule has 128 valence electrons. The molecule has 0 saturated heterocycles. The van der Waals surface area contributed by atoms with Gasteiger partial charge < -0.3 is 5.32 Å². The maximum Gasteiger partial charge on any atom is 0.221 e. The fourth-order valence-corrected chi connectivity index (χ4v) is 4.12. The number of carbonyl (C=O) groups excluding carboxylic acids is 1. The Labute approximate surface area is 136 Å². The van der Waals surface area contributed by atoms with Crippen molar-refractivity contribution in [3.8, 4) is 0 Å². The summed E-state index contributed by atoms with van der Waals surface area (Å²) in [4.78, 5) is 11.9. The van der Waals surface area contributed by atoms with Gasteiger partial charge >= 0.3 is 0 Å². The van der Waals surface area contributed by atoms with Crippen LogP contribution < -0.4 is 5.32 Å². The van der Waals surface area contributed by atoms with Crippen molar-refractivity contribution >= 4 is 15.9 Å². The van der Waals surface area contributed by atoms with Crippen LogP contribution in [0.4, 0.5) is 4.39 Å². The van der Waals surface area contributed by atoms with E-state index in [1.54, 1.807) is 18.2 Å². The number of amides is 1. The largest absolute Gasteiger partial charge is 0.352 e. The minimum absolute atomic E-state index is 0.00404. The second-order valence-electron chi connectivity index (χ2n) is 5.93. The molecule has 1 aromatic carbocycles. The second kappa shape index (κ2) is 7.88. The minimum atomic E-state index is -3.32. The van der Waals surface area contributed by atoms with Gasteiger partial charge in [0.15, 0.2) is 0 Å². The summed E-state index contributed by atoms with van der Waals surface area (Å²) in [6.07, 6.45) is 5.01. The van der Waals surface area contributed by atoms with Crippen LogP contribution in [0.1, 0.15) is 37.7 Å². The van der Waals surface area contributed by atoms with Crippen LogP contribution in [0.15, 0.2) is 24.3 Å². The summed E-state index contributed by atoms with van der Waals surface area (Å²) in [5.74, 6) is -0.642. The van der Waals surface area contributed by atoms with Crippen molar-refractivity contribution in [2.75, 3.05) is 12.8 Å². The first-order valence-electron chi connectivity index (χ1n) is 7.85. The molecular formula is C16H23FN2O3S. The van der Waals surface area contributed by atoms with Crippen molar-refractivity contribution in [2.24, 2.45) is 0 Å². The van der Waals surface area contributed by atoms with Crippen LogP contribution >= 0.6 is 0 Å². The van der Waals surface area contributed by atoms with Gasteiger partial charge in [-0.3, -0.25) is 4.79 Å². The molecule has 1 fully saturated rings. The lowest BCUT2D eigenvalue weighted by Crippen LogP contribution is -2.40. The second-order valence-corrected chi connectivity index (χ2v) is 7.87. The number of benzene rings is 1. The van der Waals surface area contributed by atoms with Gasteiger partial charge in [-0.15, -0.1) is 0 Å². The summed E-state index contributed by atoms with van der Waals surface area (Å²) in [5.41, 5.74) is 0.414. The molecule has 0 unspecified atom stereocenters. The Balaban J connectivity index is 1.85. The first-order chi connectivity index (χ1) is 10.9. The van der Waals surface area contributed by atoms with Crippen LogP contribution in [0, 0.1) is 5.82 Å². The normalized spacial score (nSPS) is 16.0. The molecule has 23 heavy (non-hydrogen) atoms. The highest BCUT2D eigenvalue weighted by Gasteiger charge is 2.29. The van der Waals surface area contributed by atoms with Crippen LogP contribution in [-0.2, 0) is 21.4 Å². The van der Waals surface area contributed by atoms with E-state index in [2.05, 4.69) is 5.32 Å². The zero-order chi connectivity index (χ0) is 16.9. The van der Waals surface area contributed by atoms with Crippen LogP contribution in [0.5, 0.6) is 0 Å². The number of carbonyl (C=O) groups is 1. The molecule has 1 amide bonds. The third kappa shape index (κ3) is 5.28. The quantitative estimate of drug-likeness (QED) is 0.824. The predicted octanol–water partition coefficient (Wildman–Crippen LogP) is 2.04. The van der Waals surface area contributed by atoms with Crippen molar-refractivity contribution < 1.29 is 17.6 Å². The molecule has 0 aliphatic heterocycles. The number of rotatable bonds is 7. The van der Waals surface area contributed by atoms with Crippen molar-refractivity contribution in [1.82, 2.24) is 9.62 Å². The number of halogens is 1. The predicted molar refractivity (Wildman–Crippen MR) is 86.7 cm³/mol. The fraction of sp³-hybridized carbons (Fsp3) is 0.562. The summed E-state index contributed by atoms with van der Waals surface area (Å²) in [5, 5.41) is 2.64. The van der Waals surface area contributed by atoms with Gasteiger partial charge in [0.05, 0.1) is 6.26 Å². The van der Waals surface area contributed by atoms with Gasteiger partial charge in [-0.1, -0.05) is 31.0 Å². The van der Waals surface area contributed by atoms with E-state index in [1.807, 2.05) is 0 Å². The average Bonchev–Trinajstić information content (AvgIpc) is 2.99. The fourth-order valence-electron chi connectivity index (χ4n) is 2.95. The lowest BCUT2D eigenvalue weighted by Gasteiger charge is -2.26. The van der Waals surface area contributed by atoms with E-state index in [0.29, 0.717) is 5.56 Å². The highest BCUT2D eigenvalue weighted by molar-refractivity contribution is 7.88. The molecule has 1 saturated carbocycles. The zero-order valence-corrected chi connectivity index (χ0v) is 14.1. The van der Waals surface area contributed by atoms with Gasteiger partial charge in [0, 0.05) is 31.1 Å². The number of hydrogen-bond donors (Lipinski definition) is 1. The van der Waals surface area contributed by atoms with E-state index in [1.165, 1.54) is 16.6 Å². The van der Waals surface area contributed by atoms with Gasteiger partial charge in [-0.25, -0.2) is 12.8 Å². The van der Waals surface area contributed by atoms with E-state index in [9.17, 15) is 17.6 Å². The summed E-state index contributed by atoms with van der Waals surface area (Å²) < 4.78 is 38.7. The Morgan fingerprint density at radius 1 is 1.30 bits per heavy atom. The molecule has 7 heteroatoms. The monoisotopic (exact) mass is 342 g/mol. The SMILES string of the molecule is CS(=O)(=O)N(CCC(=O)NCc1ccccc1F)C1CCCC1. The maximum atomic E-state index is 13.5. The van der Waals surface area contributed by atoms with Gasteiger partial charge in [-0.2, -0.15) is 4.31 Å². The molecule has 1 aliphatic carbocycles. The Morgan fingerprint density at radius 2 is 1.96 bits per heavy atom. The van der Waals surface area contributed by atoms with E-state index >= 15 is 0 Å². The topological polar surface area (TPSA) is 66.5 Å². The summed E-state index contributed by atoms with van der Waals surface area (Å²) in [6, 6.07) is 6.25. The van der Waals surface area contributed by atoms with Gasteiger partial charge in [0.1, 0.15) is 5.82 Å². The van der Waals surface area contributed by atoms with Crippen molar-refractivity contribution in [1.29, 1.82) is 0 Å². The molecule has 0 atom stereocenters. The lowest BCUT2D eigenvalue weighted by atomic mass is 10.2. The molecule has 0 spiro atoms. The average molecular weight is 342 g/mol. The Bertz CT molecular complexity index is 642. The van der Waals surface area contributed by atoms with Crippen molar-refractivity contribution in [3.63, 3.8) is 0 Å². The Kier molecular flexibility index (Phi) is 6.12. The molecular weight excluding hydrogens is 319 g/mol. The van der Waals surface area contributed by atoms with Gasteiger partial charge in [0.25, 0.3) is 0 Å². The van der Waals surface area contributed by atoms with E-state index in [-0.39, 0.29) is 37.3 Å². The Morgan fingerprint density at radius 3 is 2.57 bits per heavy atom. The molecule has 0 radical (unpaired) electrons. The molecule has 1 N–H and O–H groups in total. The van der Waals surface area contributed by atoms with Crippen LogP contribution in [-0.4, -0.2) is 37.5 Å². The standard InChI is InChI=1S/C16H23FN2O3S/c1-23(21,22)19(14-7-3-4-8-14)11-10-16(20)18-12-13-6-2-5-9-15(13)17/h2,5-6,9,14H,3-4,7-8,10-12H2,1H3,(H,18,20). The molecule has 2 rings (SSSR count). The number of nitrogens with zero attached hydrogens (tertiary/aromatic N) is 1. The smallest absolute Gasteiger partial charge is 0.221 e.